The van der Waals surface area contributed by atoms with Crippen LogP contribution in [0.1, 0.15) is 20.7 Å². The molecule has 0 atom stereocenters. The molecule has 2 rings (SSSR count). The number of benzene rings is 2. The van der Waals surface area contributed by atoms with Gasteiger partial charge in [0.15, 0.2) is 0 Å². The second-order valence-corrected chi connectivity index (χ2v) is 4.60. The number of rotatable bonds is 4. The van der Waals surface area contributed by atoms with Crippen LogP contribution in [0.2, 0.25) is 0 Å². The van der Waals surface area contributed by atoms with E-state index in [-0.39, 0.29) is 27.5 Å². The van der Waals surface area contributed by atoms with Crippen molar-refractivity contribution in [2.75, 3.05) is 0 Å². The molecule has 24 heavy (non-hydrogen) atoms. The summed E-state index contributed by atoms with van der Waals surface area (Å²) in [6.07, 6.45) is 0. The molecule has 0 spiro atoms. The van der Waals surface area contributed by atoms with Gasteiger partial charge < -0.3 is 0 Å². The van der Waals surface area contributed by atoms with Crippen LogP contribution < -0.4 is 5.84 Å². The molecule has 0 unspecified atom stereocenters. The van der Waals surface area contributed by atoms with Crippen molar-refractivity contribution in [1.29, 1.82) is 0 Å². The molecule has 122 valence electrons. The predicted octanol–water partition coefficient (Wildman–Crippen LogP) is 1.66. The summed E-state index contributed by atoms with van der Waals surface area (Å²) in [5, 5.41) is 21.7. The van der Waals surface area contributed by atoms with Crippen molar-refractivity contribution in [3.05, 3.63) is 79.9 Å². The number of hydrogen-bond donors (Lipinski definition) is 1. The molecule has 2 aromatic rings. The Labute approximate surface area is 134 Å². The molecule has 0 aliphatic rings. The third-order valence-electron chi connectivity index (χ3n) is 3.05. The highest BCUT2D eigenvalue weighted by Crippen LogP contribution is 2.17. The van der Waals surface area contributed by atoms with E-state index in [1.165, 1.54) is 36.4 Å². The maximum Gasteiger partial charge on any atom is 0.275 e. The number of nitro benzene ring substituents is 2. The zero-order valence-corrected chi connectivity index (χ0v) is 12.0. The molecule has 0 fully saturated rings. The van der Waals surface area contributed by atoms with Crippen LogP contribution >= 0.6 is 0 Å². The molecule has 10 nitrogen and oxygen atoms in total. The average molecular weight is 330 g/mol. The van der Waals surface area contributed by atoms with Gasteiger partial charge >= 0.3 is 0 Å². The van der Waals surface area contributed by atoms with Crippen molar-refractivity contribution < 1.29 is 19.4 Å². The summed E-state index contributed by atoms with van der Waals surface area (Å²) in [6.45, 7) is 0. The smallest absolute Gasteiger partial charge is 0.267 e. The minimum atomic E-state index is -0.977. The van der Waals surface area contributed by atoms with E-state index in [1.807, 2.05) is 0 Å². The number of carbonyl (C=O) groups is 2. The highest BCUT2D eigenvalue weighted by molar-refractivity contribution is 6.10. The van der Waals surface area contributed by atoms with Crippen LogP contribution in [0.25, 0.3) is 0 Å². The maximum absolute atomic E-state index is 12.2. The zero-order chi connectivity index (χ0) is 17.9. The molecule has 0 saturated carbocycles. The van der Waals surface area contributed by atoms with Gasteiger partial charge in [-0.25, -0.2) is 10.9 Å². The van der Waals surface area contributed by atoms with Gasteiger partial charge in [-0.15, -0.1) is 0 Å². The summed E-state index contributed by atoms with van der Waals surface area (Å²) < 4.78 is 0. The largest absolute Gasteiger partial charge is 0.275 e. The van der Waals surface area contributed by atoms with Gasteiger partial charge in [0.2, 0.25) is 0 Å². The molecular weight excluding hydrogens is 320 g/mol. The lowest BCUT2D eigenvalue weighted by atomic mass is 10.1. The Kier molecular flexibility index (Phi) is 4.61. The highest BCUT2D eigenvalue weighted by atomic mass is 16.6. The number of nitro groups is 2. The van der Waals surface area contributed by atoms with Crippen LogP contribution in [0.4, 0.5) is 11.4 Å². The molecule has 0 saturated heterocycles. The van der Waals surface area contributed by atoms with Crippen molar-refractivity contribution in [1.82, 2.24) is 5.01 Å². The minimum absolute atomic E-state index is 0.162. The van der Waals surface area contributed by atoms with Crippen LogP contribution in [-0.4, -0.2) is 26.7 Å². The predicted molar refractivity (Wildman–Crippen MR) is 80.9 cm³/mol. The summed E-state index contributed by atoms with van der Waals surface area (Å²) in [6, 6.07) is 9.38. The lowest BCUT2D eigenvalue weighted by Gasteiger charge is -2.14. The molecule has 10 heteroatoms. The zero-order valence-electron chi connectivity index (χ0n) is 12.0. The first-order valence-corrected chi connectivity index (χ1v) is 6.43. The van der Waals surface area contributed by atoms with E-state index in [2.05, 4.69) is 0 Å². The maximum atomic E-state index is 12.2. The number of imide groups is 1. The number of carbonyl (C=O) groups excluding carboxylic acids is 2. The Morgan fingerprint density at radius 1 is 0.833 bits per heavy atom. The summed E-state index contributed by atoms with van der Waals surface area (Å²) >= 11 is 0. The lowest BCUT2D eigenvalue weighted by molar-refractivity contribution is -0.385. The quantitative estimate of drug-likeness (QED) is 0.294. The summed E-state index contributed by atoms with van der Waals surface area (Å²) in [5.41, 5.74) is -0.995. The molecule has 0 aliphatic heterocycles. The Bertz CT molecular complexity index is 781. The number of hydrazine groups is 1. The Morgan fingerprint density at radius 2 is 1.21 bits per heavy atom. The first kappa shape index (κ1) is 16.7. The van der Waals surface area contributed by atoms with Crippen molar-refractivity contribution >= 4 is 23.2 Å². The molecule has 2 N–H and O–H groups in total. The fraction of sp³-hybridized carbons (Fsp3) is 0. The molecule has 0 aliphatic carbocycles. The third-order valence-corrected chi connectivity index (χ3v) is 3.05. The molecule has 0 aromatic heterocycles. The van der Waals surface area contributed by atoms with E-state index in [4.69, 9.17) is 5.84 Å². The second-order valence-electron chi connectivity index (χ2n) is 4.60. The summed E-state index contributed by atoms with van der Waals surface area (Å²) in [7, 11) is 0. The van der Waals surface area contributed by atoms with Crippen molar-refractivity contribution in [2.45, 2.75) is 0 Å². The first-order valence-electron chi connectivity index (χ1n) is 6.43. The van der Waals surface area contributed by atoms with Crippen LogP contribution in [0, 0.1) is 20.2 Å². The van der Waals surface area contributed by atoms with Gasteiger partial charge in [0.25, 0.3) is 23.2 Å². The fourth-order valence-electron chi connectivity index (χ4n) is 1.88. The van der Waals surface area contributed by atoms with Gasteiger partial charge in [-0.3, -0.25) is 29.8 Å². The van der Waals surface area contributed by atoms with Crippen LogP contribution in [-0.2, 0) is 0 Å². The second kappa shape index (κ2) is 6.62. The van der Waals surface area contributed by atoms with Gasteiger partial charge in [0.1, 0.15) is 0 Å². The van der Waals surface area contributed by atoms with Gasteiger partial charge in [-0.2, -0.15) is 0 Å². The summed E-state index contributed by atoms with van der Waals surface area (Å²) in [4.78, 5) is 44.4. The van der Waals surface area contributed by atoms with Crippen molar-refractivity contribution in [3.63, 3.8) is 0 Å². The standard InChI is InChI=1S/C14H10N4O6/c15-16(13(19)9-3-1-5-11(7-9)17(21)22)14(20)10-4-2-6-12(8-10)18(23)24/h1-8H,15H2. The molecule has 0 bridgehead atoms. The average Bonchev–Trinajstić information content (AvgIpc) is 2.59. The van der Waals surface area contributed by atoms with E-state index in [1.54, 1.807) is 0 Å². The van der Waals surface area contributed by atoms with E-state index in [9.17, 15) is 29.8 Å². The van der Waals surface area contributed by atoms with Crippen molar-refractivity contribution in [3.8, 4) is 0 Å². The Balaban J connectivity index is 2.29. The van der Waals surface area contributed by atoms with Gasteiger partial charge in [-0.1, -0.05) is 12.1 Å². The third kappa shape index (κ3) is 3.39. The fourth-order valence-corrected chi connectivity index (χ4v) is 1.88. The van der Waals surface area contributed by atoms with Crippen LogP contribution in [0.15, 0.2) is 48.5 Å². The Hall–Kier alpha value is -3.66. The van der Waals surface area contributed by atoms with Gasteiger partial charge in [0.05, 0.1) is 9.85 Å². The number of nitrogens with two attached hydrogens (primary N) is 1. The first-order chi connectivity index (χ1) is 11.3. The number of nitrogens with zero attached hydrogens (tertiary/aromatic N) is 3. The normalized spacial score (nSPS) is 10.0. The van der Waals surface area contributed by atoms with E-state index in [0.29, 0.717) is 0 Å². The monoisotopic (exact) mass is 330 g/mol. The van der Waals surface area contributed by atoms with E-state index < -0.39 is 21.7 Å². The number of amides is 2. The van der Waals surface area contributed by atoms with Crippen LogP contribution in [0.5, 0.6) is 0 Å². The topological polar surface area (TPSA) is 150 Å². The highest BCUT2D eigenvalue weighted by Gasteiger charge is 2.23. The van der Waals surface area contributed by atoms with Gasteiger partial charge in [-0.05, 0) is 12.1 Å². The molecular formula is C14H10N4O6. The molecule has 0 radical (unpaired) electrons. The van der Waals surface area contributed by atoms with Crippen LogP contribution in [0.3, 0.4) is 0 Å². The lowest BCUT2D eigenvalue weighted by Crippen LogP contribution is -2.42. The molecule has 0 heterocycles. The van der Waals surface area contributed by atoms with E-state index in [0.717, 1.165) is 12.1 Å². The number of hydrogen-bond acceptors (Lipinski definition) is 7. The molecule has 2 aromatic carbocycles. The number of non-ortho nitro benzene ring substituents is 2. The Morgan fingerprint density at radius 3 is 1.54 bits per heavy atom. The molecule has 2 amide bonds. The van der Waals surface area contributed by atoms with E-state index >= 15 is 0 Å². The SMILES string of the molecule is NN(C(=O)c1cccc([N+](=O)[O-])c1)C(=O)c1cccc([N+](=O)[O-])c1. The van der Waals surface area contributed by atoms with Gasteiger partial charge in [0, 0.05) is 35.4 Å². The summed E-state index contributed by atoms with van der Waals surface area (Å²) in [5.74, 6) is 3.52. The van der Waals surface area contributed by atoms with Crippen molar-refractivity contribution in [2.24, 2.45) is 5.84 Å². The minimum Gasteiger partial charge on any atom is -0.267 e.